The minimum absolute atomic E-state index is 0.133. The standard InChI is InChI=1S/C10H14FNO2S/c1-13-9-4-3-8(5-6-12-15-11)7-10(9)14-2/h3-4,7,12H,5-6H2,1-2H3. The Kier molecular flexibility index (Phi) is 5.28. The van der Waals surface area contributed by atoms with Crippen molar-refractivity contribution in [2.24, 2.45) is 0 Å². The van der Waals surface area contributed by atoms with Crippen LogP contribution in [0.25, 0.3) is 0 Å². The van der Waals surface area contributed by atoms with Crippen molar-refractivity contribution in [1.82, 2.24) is 4.72 Å². The van der Waals surface area contributed by atoms with Crippen molar-refractivity contribution in [3.63, 3.8) is 0 Å². The summed E-state index contributed by atoms with van der Waals surface area (Å²) < 4.78 is 24.5. The summed E-state index contributed by atoms with van der Waals surface area (Å²) in [4.78, 5) is 0. The molecule has 1 N–H and O–H groups in total. The molecular formula is C10H14FNO2S. The Morgan fingerprint density at radius 3 is 2.60 bits per heavy atom. The van der Waals surface area contributed by atoms with Gasteiger partial charge in [0.2, 0.25) is 0 Å². The highest BCUT2D eigenvalue weighted by molar-refractivity contribution is 7.92. The lowest BCUT2D eigenvalue weighted by molar-refractivity contribution is 0.354. The van der Waals surface area contributed by atoms with E-state index in [4.69, 9.17) is 9.47 Å². The highest BCUT2D eigenvalue weighted by Gasteiger charge is 2.03. The normalized spacial score (nSPS) is 10.1. The molecule has 0 aliphatic rings. The van der Waals surface area contributed by atoms with Crippen LogP contribution in [-0.4, -0.2) is 20.8 Å². The van der Waals surface area contributed by atoms with Gasteiger partial charge in [0.25, 0.3) is 0 Å². The average molecular weight is 231 g/mol. The van der Waals surface area contributed by atoms with E-state index in [0.29, 0.717) is 18.0 Å². The van der Waals surface area contributed by atoms with Crippen LogP contribution in [0.15, 0.2) is 18.2 Å². The fourth-order valence-electron chi connectivity index (χ4n) is 1.27. The zero-order chi connectivity index (χ0) is 11.1. The molecule has 15 heavy (non-hydrogen) atoms. The van der Waals surface area contributed by atoms with Crippen LogP contribution in [0.1, 0.15) is 5.56 Å². The zero-order valence-electron chi connectivity index (χ0n) is 8.75. The highest BCUT2D eigenvalue weighted by atomic mass is 32.2. The Hall–Kier alpha value is -0.940. The Balaban J connectivity index is 2.66. The van der Waals surface area contributed by atoms with E-state index in [1.807, 2.05) is 18.2 Å². The predicted molar refractivity (Wildman–Crippen MR) is 60.0 cm³/mol. The number of halogens is 1. The van der Waals surface area contributed by atoms with E-state index >= 15 is 0 Å². The molecule has 0 heterocycles. The second-order valence-corrected chi connectivity index (χ2v) is 3.35. The van der Waals surface area contributed by atoms with Gasteiger partial charge in [-0.25, -0.2) is 4.72 Å². The quantitative estimate of drug-likeness (QED) is 0.601. The lowest BCUT2D eigenvalue weighted by Crippen LogP contribution is -2.06. The van der Waals surface area contributed by atoms with Crippen molar-refractivity contribution in [2.75, 3.05) is 20.8 Å². The summed E-state index contributed by atoms with van der Waals surface area (Å²) in [5.74, 6) is 1.40. The van der Waals surface area contributed by atoms with E-state index in [1.165, 1.54) is 0 Å². The van der Waals surface area contributed by atoms with Gasteiger partial charge >= 0.3 is 0 Å². The number of hydrogen-bond donors (Lipinski definition) is 1. The van der Waals surface area contributed by atoms with Crippen LogP contribution in [0, 0.1) is 0 Å². The highest BCUT2D eigenvalue weighted by Crippen LogP contribution is 2.27. The van der Waals surface area contributed by atoms with Gasteiger partial charge in [0, 0.05) is 6.54 Å². The molecule has 3 nitrogen and oxygen atoms in total. The molecule has 0 atom stereocenters. The van der Waals surface area contributed by atoms with Gasteiger partial charge in [-0.15, -0.1) is 3.89 Å². The first-order chi connectivity index (χ1) is 7.31. The minimum atomic E-state index is 0.133. The van der Waals surface area contributed by atoms with Gasteiger partial charge in [0.1, 0.15) is 12.3 Å². The molecular weight excluding hydrogens is 217 g/mol. The van der Waals surface area contributed by atoms with E-state index in [2.05, 4.69) is 4.72 Å². The molecule has 0 fully saturated rings. The average Bonchev–Trinajstić information content (AvgIpc) is 2.29. The first-order valence-electron chi connectivity index (χ1n) is 4.53. The van der Waals surface area contributed by atoms with Crippen LogP contribution >= 0.6 is 12.3 Å². The molecule has 0 saturated carbocycles. The maximum absolute atomic E-state index is 11.7. The molecule has 0 amide bonds. The van der Waals surface area contributed by atoms with E-state index in [0.717, 1.165) is 12.0 Å². The summed E-state index contributed by atoms with van der Waals surface area (Å²) >= 11 is 0.133. The van der Waals surface area contributed by atoms with E-state index in [1.54, 1.807) is 14.2 Å². The fraction of sp³-hybridized carbons (Fsp3) is 0.400. The van der Waals surface area contributed by atoms with E-state index in [9.17, 15) is 3.89 Å². The van der Waals surface area contributed by atoms with Crippen LogP contribution < -0.4 is 14.2 Å². The molecule has 0 spiro atoms. The van der Waals surface area contributed by atoms with E-state index < -0.39 is 0 Å². The van der Waals surface area contributed by atoms with Gasteiger partial charge in [0.05, 0.1) is 14.2 Å². The Bertz CT molecular complexity index is 309. The Morgan fingerprint density at radius 1 is 1.27 bits per heavy atom. The van der Waals surface area contributed by atoms with Gasteiger partial charge in [-0.1, -0.05) is 6.07 Å². The molecule has 0 aliphatic carbocycles. The van der Waals surface area contributed by atoms with Gasteiger partial charge in [-0.3, -0.25) is 0 Å². The van der Waals surface area contributed by atoms with Crippen LogP contribution in [-0.2, 0) is 6.42 Å². The van der Waals surface area contributed by atoms with Gasteiger partial charge in [0.15, 0.2) is 11.5 Å². The second kappa shape index (κ2) is 6.53. The Labute approximate surface area is 93.4 Å². The molecule has 0 bridgehead atoms. The third-order valence-corrected chi connectivity index (χ3v) is 2.33. The van der Waals surface area contributed by atoms with Crippen molar-refractivity contribution in [3.8, 4) is 11.5 Å². The van der Waals surface area contributed by atoms with Gasteiger partial charge in [-0.05, 0) is 24.1 Å². The smallest absolute Gasteiger partial charge is 0.160 e. The summed E-state index contributed by atoms with van der Waals surface area (Å²) in [5.41, 5.74) is 1.08. The van der Waals surface area contributed by atoms with Crippen LogP contribution in [0.3, 0.4) is 0 Å². The zero-order valence-corrected chi connectivity index (χ0v) is 9.57. The number of benzene rings is 1. The molecule has 84 valence electrons. The molecule has 0 aliphatic heterocycles. The van der Waals surface area contributed by atoms with Crippen LogP contribution in [0.2, 0.25) is 0 Å². The molecule has 0 radical (unpaired) electrons. The fourth-order valence-corrected chi connectivity index (χ4v) is 1.45. The number of methoxy groups -OCH3 is 2. The third kappa shape index (κ3) is 3.60. The summed E-state index contributed by atoms with van der Waals surface area (Å²) in [7, 11) is 3.19. The van der Waals surface area contributed by atoms with Gasteiger partial charge in [-0.2, -0.15) is 0 Å². The second-order valence-electron chi connectivity index (χ2n) is 2.91. The number of hydrogen-bond acceptors (Lipinski definition) is 4. The SMILES string of the molecule is COc1ccc(CCNSF)cc1OC. The summed E-state index contributed by atoms with van der Waals surface area (Å²) in [6.07, 6.45) is 0.747. The number of nitrogens with one attached hydrogen (secondary N) is 1. The van der Waals surface area contributed by atoms with Gasteiger partial charge < -0.3 is 9.47 Å². The molecule has 1 rings (SSSR count). The lowest BCUT2D eigenvalue weighted by atomic mass is 10.1. The summed E-state index contributed by atoms with van der Waals surface area (Å²) in [5, 5.41) is 0. The maximum Gasteiger partial charge on any atom is 0.160 e. The monoisotopic (exact) mass is 231 g/mol. The largest absolute Gasteiger partial charge is 0.493 e. The number of rotatable bonds is 6. The van der Waals surface area contributed by atoms with Crippen molar-refractivity contribution in [2.45, 2.75) is 6.42 Å². The summed E-state index contributed by atoms with van der Waals surface area (Å²) in [6.45, 7) is 0.580. The maximum atomic E-state index is 11.7. The topological polar surface area (TPSA) is 30.5 Å². The van der Waals surface area contributed by atoms with Crippen molar-refractivity contribution < 1.29 is 13.4 Å². The minimum Gasteiger partial charge on any atom is -0.493 e. The molecule has 1 aromatic carbocycles. The van der Waals surface area contributed by atoms with Crippen LogP contribution in [0.4, 0.5) is 3.89 Å². The van der Waals surface area contributed by atoms with Crippen LogP contribution in [0.5, 0.6) is 11.5 Å². The summed E-state index contributed by atoms with van der Waals surface area (Å²) in [6, 6.07) is 5.67. The van der Waals surface area contributed by atoms with Crippen molar-refractivity contribution in [1.29, 1.82) is 0 Å². The lowest BCUT2D eigenvalue weighted by Gasteiger charge is -2.09. The molecule has 0 saturated heterocycles. The first-order valence-corrected chi connectivity index (χ1v) is 5.25. The molecule has 0 unspecified atom stereocenters. The first kappa shape index (κ1) is 12.1. The molecule has 0 aromatic heterocycles. The number of ether oxygens (including phenoxy) is 2. The van der Waals surface area contributed by atoms with Crippen molar-refractivity contribution in [3.05, 3.63) is 23.8 Å². The van der Waals surface area contributed by atoms with Crippen molar-refractivity contribution >= 4 is 12.3 Å². The molecule has 5 heteroatoms. The molecule has 1 aromatic rings. The predicted octanol–water partition coefficient (Wildman–Crippen LogP) is 2.37. The third-order valence-electron chi connectivity index (χ3n) is 2.02. The van der Waals surface area contributed by atoms with E-state index in [-0.39, 0.29) is 12.3 Å². The Morgan fingerprint density at radius 2 is 2.00 bits per heavy atom.